The van der Waals surface area contributed by atoms with Gasteiger partial charge in [0.15, 0.2) is 0 Å². The molecule has 1 aliphatic rings. The van der Waals surface area contributed by atoms with Gasteiger partial charge in [-0.05, 0) is 18.1 Å². The maximum atomic E-state index is 12.8. The predicted octanol–water partition coefficient (Wildman–Crippen LogP) is 2.70. The van der Waals surface area contributed by atoms with Crippen LogP contribution in [0.15, 0.2) is 60.7 Å². The first-order chi connectivity index (χ1) is 12.1. The van der Waals surface area contributed by atoms with Gasteiger partial charge in [-0.25, -0.2) is 4.79 Å². The number of hydrogen-bond donors (Lipinski definition) is 2. The maximum absolute atomic E-state index is 12.8. The molecule has 1 saturated heterocycles. The number of nitrogens with two attached hydrogens (primary N) is 1. The van der Waals surface area contributed by atoms with E-state index in [0.717, 1.165) is 11.1 Å². The molecular formula is C20H24N2O3. The quantitative estimate of drug-likeness (QED) is 0.897. The van der Waals surface area contributed by atoms with Crippen LogP contribution in [0.4, 0.5) is 4.79 Å². The molecule has 0 radical (unpaired) electrons. The van der Waals surface area contributed by atoms with Crippen molar-refractivity contribution >= 4 is 6.09 Å². The Morgan fingerprint density at radius 1 is 1.12 bits per heavy atom. The predicted molar refractivity (Wildman–Crippen MR) is 95.7 cm³/mol. The Labute approximate surface area is 148 Å². The second-order valence-corrected chi connectivity index (χ2v) is 6.47. The molecule has 0 unspecified atom stereocenters. The molecule has 4 atom stereocenters. The minimum Gasteiger partial charge on any atom is -0.445 e. The van der Waals surface area contributed by atoms with Crippen molar-refractivity contribution in [2.45, 2.75) is 31.7 Å². The highest BCUT2D eigenvalue weighted by Gasteiger charge is 2.48. The summed E-state index contributed by atoms with van der Waals surface area (Å²) in [5.74, 6) is -0.186. The van der Waals surface area contributed by atoms with Gasteiger partial charge in [-0.15, -0.1) is 0 Å². The van der Waals surface area contributed by atoms with Gasteiger partial charge in [0.25, 0.3) is 0 Å². The first-order valence-corrected chi connectivity index (χ1v) is 8.54. The average Bonchev–Trinajstić information content (AvgIpc) is 2.91. The van der Waals surface area contributed by atoms with Crippen LogP contribution in [0.3, 0.4) is 0 Å². The molecule has 25 heavy (non-hydrogen) atoms. The van der Waals surface area contributed by atoms with Crippen LogP contribution in [0.25, 0.3) is 0 Å². The third-order valence-corrected chi connectivity index (χ3v) is 4.98. The number of carbonyl (C=O) groups excluding carboxylic acids is 1. The number of amides is 1. The average molecular weight is 340 g/mol. The highest BCUT2D eigenvalue weighted by molar-refractivity contribution is 5.70. The fourth-order valence-electron chi connectivity index (χ4n) is 3.58. The third kappa shape index (κ3) is 3.52. The largest absolute Gasteiger partial charge is 0.445 e. The van der Waals surface area contributed by atoms with Crippen LogP contribution in [0.1, 0.15) is 24.1 Å². The van der Waals surface area contributed by atoms with Crippen molar-refractivity contribution in [2.24, 2.45) is 11.7 Å². The number of ether oxygens (including phenoxy) is 1. The number of aliphatic hydroxyl groups excluding tert-OH is 1. The molecule has 3 N–H and O–H groups in total. The molecule has 0 spiro atoms. The molecule has 5 heteroatoms. The number of benzene rings is 2. The first-order valence-electron chi connectivity index (χ1n) is 8.54. The van der Waals surface area contributed by atoms with Crippen LogP contribution in [0.5, 0.6) is 0 Å². The van der Waals surface area contributed by atoms with E-state index in [1.54, 1.807) is 4.90 Å². The Balaban J connectivity index is 1.81. The highest BCUT2D eigenvalue weighted by Crippen LogP contribution is 2.39. The SMILES string of the molecule is C[C@@H]1[C@@H](CO)[C@H](N)[C@H](c2ccccc2)N1C(=O)OCc1ccccc1. The van der Waals surface area contributed by atoms with Crippen molar-refractivity contribution in [3.05, 3.63) is 71.8 Å². The Hall–Kier alpha value is -2.37. The van der Waals surface area contributed by atoms with Crippen LogP contribution in [0.2, 0.25) is 0 Å². The molecular weight excluding hydrogens is 316 g/mol. The molecule has 1 fully saturated rings. The van der Waals surface area contributed by atoms with Crippen molar-refractivity contribution in [2.75, 3.05) is 6.61 Å². The van der Waals surface area contributed by atoms with E-state index in [2.05, 4.69) is 0 Å². The molecule has 2 aromatic rings. The van der Waals surface area contributed by atoms with Gasteiger partial charge in [-0.1, -0.05) is 60.7 Å². The van der Waals surface area contributed by atoms with Crippen LogP contribution < -0.4 is 5.73 Å². The summed E-state index contributed by atoms with van der Waals surface area (Å²) in [5, 5.41) is 9.72. The maximum Gasteiger partial charge on any atom is 0.410 e. The zero-order valence-corrected chi connectivity index (χ0v) is 14.3. The molecule has 3 rings (SSSR count). The Morgan fingerprint density at radius 2 is 1.72 bits per heavy atom. The second kappa shape index (κ2) is 7.68. The van der Waals surface area contributed by atoms with Crippen molar-refractivity contribution in [3.63, 3.8) is 0 Å². The lowest BCUT2D eigenvalue weighted by molar-refractivity contribution is 0.0750. The lowest BCUT2D eigenvalue weighted by atomic mass is 9.93. The fourth-order valence-corrected chi connectivity index (χ4v) is 3.58. The molecule has 1 aliphatic heterocycles. The van der Waals surface area contributed by atoms with Gasteiger partial charge in [0.1, 0.15) is 6.61 Å². The summed E-state index contributed by atoms with van der Waals surface area (Å²) in [4.78, 5) is 14.5. The van der Waals surface area contributed by atoms with E-state index in [1.807, 2.05) is 67.6 Å². The zero-order chi connectivity index (χ0) is 17.8. The van der Waals surface area contributed by atoms with Gasteiger partial charge in [-0.2, -0.15) is 0 Å². The van der Waals surface area contributed by atoms with E-state index >= 15 is 0 Å². The van der Waals surface area contributed by atoms with Crippen molar-refractivity contribution in [1.29, 1.82) is 0 Å². The Morgan fingerprint density at radius 3 is 2.32 bits per heavy atom. The number of hydrogen-bond acceptors (Lipinski definition) is 4. The molecule has 1 amide bonds. The molecule has 1 heterocycles. The minimum absolute atomic E-state index is 0.0614. The fraction of sp³-hybridized carbons (Fsp3) is 0.350. The lowest BCUT2D eigenvalue weighted by Gasteiger charge is -2.29. The highest BCUT2D eigenvalue weighted by atomic mass is 16.6. The van der Waals surface area contributed by atoms with E-state index in [0.29, 0.717) is 0 Å². The van der Waals surface area contributed by atoms with Gasteiger partial charge >= 0.3 is 6.09 Å². The summed E-state index contributed by atoms with van der Waals surface area (Å²) >= 11 is 0. The smallest absolute Gasteiger partial charge is 0.410 e. The van der Waals surface area contributed by atoms with E-state index in [4.69, 9.17) is 10.5 Å². The van der Waals surface area contributed by atoms with Gasteiger partial charge in [0.05, 0.1) is 6.04 Å². The zero-order valence-electron chi connectivity index (χ0n) is 14.3. The summed E-state index contributed by atoms with van der Waals surface area (Å²) in [6, 6.07) is 18.4. The molecule has 0 bridgehead atoms. The molecule has 5 nitrogen and oxygen atoms in total. The minimum atomic E-state index is -0.406. The van der Waals surface area contributed by atoms with Crippen LogP contribution >= 0.6 is 0 Å². The molecule has 0 aromatic heterocycles. The van der Waals surface area contributed by atoms with Gasteiger partial charge in [0.2, 0.25) is 0 Å². The Bertz CT molecular complexity index is 693. The van der Waals surface area contributed by atoms with Crippen molar-refractivity contribution in [3.8, 4) is 0 Å². The number of aliphatic hydroxyl groups is 1. The number of nitrogens with zero attached hydrogens (tertiary/aromatic N) is 1. The summed E-state index contributed by atoms with van der Waals surface area (Å²) < 4.78 is 5.53. The monoisotopic (exact) mass is 340 g/mol. The van der Waals surface area contributed by atoms with E-state index in [1.165, 1.54) is 0 Å². The number of likely N-dealkylation sites (tertiary alicyclic amines) is 1. The van der Waals surface area contributed by atoms with E-state index in [-0.39, 0.29) is 37.3 Å². The lowest BCUT2D eigenvalue weighted by Crippen LogP contribution is -2.38. The van der Waals surface area contributed by atoms with Crippen molar-refractivity contribution in [1.82, 2.24) is 4.90 Å². The third-order valence-electron chi connectivity index (χ3n) is 4.98. The van der Waals surface area contributed by atoms with Crippen LogP contribution in [-0.2, 0) is 11.3 Å². The van der Waals surface area contributed by atoms with Gasteiger partial charge in [-0.3, -0.25) is 4.90 Å². The summed E-state index contributed by atoms with van der Waals surface area (Å²) in [7, 11) is 0. The van der Waals surface area contributed by atoms with Gasteiger partial charge in [0, 0.05) is 24.6 Å². The van der Waals surface area contributed by atoms with Gasteiger partial charge < -0.3 is 15.6 Å². The van der Waals surface area contributed by atoms with Crippen LogP contribution in [0, 0.1) is 5.92 Å². The normalized spacial score (nSPS) is 25.8. The van der Waals surface area contributed by atoms with Crippen molar-refractivity contribution < 1.29 is 14.6 Å². The summed E-state index contributed by atoms with van der Waals surface area (Å²) in [6.07, 6.45) is -0.406. The number of carbonyl (C=O) groups is 1. The molecule has 0 saturated carbocycles. The standard InChI is InChI=1S/C20H24N2O3/c1-14-17(12-23)18(21)19(16-10-6-3-7-11-16)22(14)20(24)25-13-15-8-4-2-5-9-15/h2-11,14,17-19,23H,12-13,21H2,1H3/t14-,17-,18+,19+/m1/s1. The number of rotatable bonds is 4. The molecule has 132 valence electrons. The molecule has 2 aromatic carbocycles. The first kappa shape index (κ1) is 17.5. The Kier molecular flexibility index (Phi) is 5.36. The second-order valence-electron chi connectivity index (χ2n) is 6.47. The van der Waals surface area contributed by atoms with E-state index in [9.17, 15) is 9.90 Å². The topological polar surface area (TPSA) is 75.8 Å². The summed E-state index contributed by atoms with van der Waals surface area (Å²) in [6.45, 7) is 2.06. The van der Waals surface area contributed by atoms with Crippen LogP contribution in [-0.4, -0.2) is 34.8 Å². The summed E-state index contributed by atoms with van der Waals surface area (Å²) in [5.41, 5.74) is 8.27. The molecule has 0 aliphatic carbocycles. The van der Waals surface area contributed by atoms with E-state index < -0.39 is 6.09 Å².